The SMILES string of the molecule is CNc1cccc(CC(=O)C#CC#COC(C)=O)c1. The molecule has 4 heteroatoms. The molecule has 0 aliphatic rings. The average molecular weight is 255 g/mol. The number of Topliss-reactive ketones (excluding diaryl/α,β-unsaturated/α-hetero) is 1. The highest BCUT2D eigenvalue weighted by atomic mass is 16.5. The van der Waals surface area contributed by atoms with Gasteiger partial charge in [-0.05, 0) is 29.5 Å². The van der Waals surface area contributed by atoms with Gasteiger partial charge in [0.25, 0.3) is 0 Å². The van der Waals surface area contributed by atoms with E-state index in [0.29, 0.717) is 0 Å². The molecular formula is C15H13NO3. The van der Waals surface area contributed by atoms with Gasteiger partial charge in [-0.1, -0.05) is 12.1 Å². The van der Waals surface area contributed by atoms with Crippen LogP contribution in [-0.4, -0.2) is 18.8 Å². The maximum Gasteiger partial charge on any atom is 0.316 e. The van der Waals surface area contributed by atoms with Crippen molar-refractivity contribution in [2.24, 2.45) is 0 Å². The fourth-order valence-corrected chi connectivity index (χ4v) is 1.29. The molecule has 0 unspecified atom stereocenters. The Bertz CT molecular complexity index is 597. The maximum absolute atomic E-state index is 11.5. The van der Waals surface area contributed by atoms with E-state index in [1.807, 2.05) is 31.3 Å². The van der Waals surface area contributed by atoms with Gasteiger partial charge in [0, 0.05) is 32.0 Å². The third-order valence-corrected chi connectivity index (χ3v) is 2.09. The number of rotatable bonds is 3. The van der Waals surface area contributed by atoms with E-state index >= 15 is 0 Å². The standard InChI is InChI=1S/C15H13NO3/c1-12(17)19-9-4-3-8-15(18)11-13-6-5-7-14(10-13)16-2/h5-7,10,16H,11H2,1-2H3. The lowest BCUT2D eigenvalue weighted by Gasteiger charge is -2.01. The highest BCUT2D eigenvalue weighted by Gasteiger charge is 2.00. The predicted octanol–water partition coefficient (Wildman–Crippen LogP) is 1.37. The second kappa shape index (κ2) is 7.58. The number of anilines is 1. The van der Waals surface area contributed by atoms with Crippen LogP contribution in [-0.2, 0) is 20.7 Å². The van der Waals surface area contributed by atoms with Crippen molar-refractivity contribution in [1.82, 2.24) is 0 Å². The van der Waals surface area contributed by atoms with Crippen molar-refractivity contribution >= 4 is 17.4 Å². The number of ketones is 1. The summed E-state index contributed by atoms with van der Waals surface area (Å²) in [5.74, 6) is 6.22. The first-order chi connectivity index (χ1) is 9.11. The van der Waals surface area contributed by atoms with Crippen molar-refractivity contribution in [3.8, 4) is 23.9 Å². The van der Waals surface area contributed by atoms with Gasteiger partial charge in [0.05, 0.1) is 0 Å². The summed E-state index contributed by atoms with van der Waals surface area (Å²) in [6.45, 7) is 1.24. The number of hydrogen-bond donors (Lipinski definition) is 1. The molecule has 1 aromatic carbocycles. The van der Waals surface area contributed by atoms with Crippen LogP contribution < -0.4 is 5.32 Å². The normalized spacial score (nSPS) is 8.32. The Morgan fingerprint density at radius 2 is 2.11 bits per heavy atom. The maximum atomic E-state index is 11.5. The highest BCUT2D eigenvalue weighted by Crippen LogP contribution is 2.10. The van der Waals surface area contributed by atoms with Gasteiger partial charge in [0.2, 0.25) is 5.78 Å². The van der Waals surface area contributed by atoms with Gasteiger partial charge in [0.1, 0.15) is 6.11 Å². The zero-order valence-corrected chi connectivity index (χ0v) is 10.7. The number of carbonyl (C=O) groups is 2. The molecule has 0 atom stereocenters. The van der Waals surface area contributed by atoms with Crippen LogP contribution in [0.3, 0.4) is 0 Å². The lowest BCUT2D eigenvalue weighted by atomic mass is 10.1. The Morgan fingerprint density at radius 1 is 1.32 bits per heavy atom. The zero-order valence-electron chi connectivity index (χ0n) is 10.7. The van der Waals surface area contributed by atoms with E-state index < -0.39 is 5.97 Å². The number of nitrogens with one attached hydrogen (secondary N) is 1. The van der Waals surface area contributed by atoms with Crippen LogP contribution in [0.2, 0.25) is 0 Å². The lowest BCUT2D eigenvalue weighted by Crippen LogP contribution is -1.99. The molecule has 0 aliphatic heterocycles. The van der Waals surface area contributed by atoms with Gasteiger partial charge < -0.3 is 10.1 Å². The summed E-state index contributed by atoms with van der Waals surface area (Å²) >= 11 is 0. The number of ether oxygens (including phenoxy) is 1. The quantitative estimate of drug-likeness (QED) is 0.503. The summed E-state index contributed by atoms with van der Waals surface area (Å²) in [4.78, 5) is 21.9. The summed E-state index contributed by atoms with van der Waals surface area (Å²) in [5.41, 5.74) is 1.81. The Kier molecular flexibility index (Phi) is 5.72. The van der Waals surface area contributed by atoms with Crippen LogP contribution in [0.4, 0.5) is 5.69 Å². The summed E-state index contributed by atoms with van der Waals surface area (Å²) in [6.07, 6.45) is 2.31. The van der Waals surface area contributed by atoms with E-state index in [1.165, 1.54) is 6.92 Å². The Labute approximate surface area is 112 Å². The smallest absolute Gasteiger partial charge is 0.316 e. The van der Waals surface area contributed by atoms with E-state index in [4.69, 9.17) is 0 Å². The van der Waals surface area contributed by atoms with Crippen molar-refractivity contribution in [3.05, 3.63) is 29.8 Å². The second-order valence-electron chi connectivity index (χ2n) is 3.62. The third kappa shape index (κ3) is 5.95. The van der Waals surface area contributed by atoms with Crippen molar-refractivity contribution in [2.45, 2.75) is 13.3 Å². The number of benzene rings is 1. The van der Waals surface area contributed by atoms with Crippen LogP contribution in [0.5, 0.6) is 0 Å². The number of esters is 1. The minimum atomic E-state index is -0.510. The molecular weight excluding hydrogens is 242 g/mol. The predicted molar refractivity (Wildman–Crippen MR) is 72.0 cm³/mol. The van der Waals surface area contributed by atoms with E-state index in [-0.39, 0.29) is 12.2 Å². The van der Waals surface area contributed by atoms with Crippen molar-refractivity contribution in [3.63, 3.8) is 0 Å². The number of hydrogen-bond acceptors (Lipinski definition) is 4. The van der Waals surface area contributed by atoms with Crippen molar-refractivity contribution in [2.75, 3.05) is 12.4 Å². The lowest BCUT2D eigenvalue weighted by molar-refractivity contribution is -0.134. The molecule has 0 aromatic heterocycles. The Balaban J connectivity index is 2.57. The molecule has 19 heavy (non-hydrogen) atoms. The second-order valence-corrected chi connectivity index (χ2v) is 3.62. The zero-order chi connectivity index (χ0) is 14.1. The van der Waals surface area contributed by atoms with Gasteiger partial charge >= 0.3 is 5.97 Å². The average Bonchev–Trinajstić information content (AvgIpc) is 2.38. The molecule has 1 rings (SSSR count). The van der Waals surface area contributed by atoms with Crippen LogP contribution >= 0.6 is 0 Å². The van der Waals surface area contributed by atoms with Crippen LogP contribution in [0.25, 0.3) is 0 Å². The molecule has 0 heterocycles. The fourth-order valence-electron chi connectivity index (χ4n) is 1.29. The molecule has 0 bridgehead atoms. The molecule has 0 saturated carbocycles. The van der Waals surface area contributed by atoms with E-state index in [9.17, 15) is 9.59 Å². The first-order valence-electron chi connectivity index (χ1n) is 5.59. The van der Waals surface area contributed by atoms with Crippen LogP contribution in [0.1, 0.15) is 12.5 Å². The van der Waals surface area contributed by atoms with Gasteiger partial charge in [-0.2, -0.15) is 0 Å². The van der Waals surface area contributed by atoms with Crippen molar-refractivity contribution in [1.29, 1.82) is 0 Å². The molecule has 0 saturated heterocycles. The van der Waals surface area contributed by atoms with Gasteiger partial charge in [-0.25, -0.2) is 0 Å². The first kappa shape index (κ1) is 14.3. The molecule has 0 radical (unpaired) electrons. The summed E-state index contributed by atoms with van der Waals surface area (Å²) in [6, 6.07) is 7.50. The third-order valence-electron chi connectivity index (χ3n) is 2.09. The van der Waals surface area contributed by atoms with Gasteiger partial charge in [-0.3, -0.25) is 9.59 Å². The van der Waals surface area contributed by atoms with Crippen molar-refractivity contribution < 1.29 is 14.3 Å². The molecule has 0 spiro atoms. The summed E-state index contributed by atoms with van der Waals surface area (Å²) < 4.78 is 4.35. The summed E-state index contributed by atoms with van der Waals surface area (Å²) in [7, 11) is 1.81. The molecule has 1 N–H and O–H groups in total. The molecule has 4 nitrogen and oxygen atoms in total. The van der Waals surface area contributed by atoms with Gasteiger partial charge in [-0.15, -0.1) is 0 Å². The molecule has 0 fully saturated rings. The molecule has 0 aliphatic carbocycles. The first-order valence-corrected chi connectivity index (χ1v) is 5.59. The fraction of sp³-hybridized carbons (Fsp3) is 0.200. The van der Waals surface area contributed by atoms with E-state index in [2.05, 4.69) is 33.9 Å². The summed E-state index contributed by atoms with van der Waals surface area (Å²) in [5, 5.41) is 2.99. The minimum absolute atomic E-state index is 0.220. The van der Waals surface area contributed by atoms with Gasteiger partial charge in [0.15, 0.2) is 0 Å². The Hall–Kier alpha value is -2.72. The van der Waals surface area contributed by atoms with E-state index in [1.54, 1.807) is 0 Å². The largest absolute Gasteiger partial charge is 0.388 e. The molecule has 1 aromatic rings. The topological polar surface area (TPSA) is 55.4 Å². The van der Waals surface area contributed by atoms with Crippen LogP contribution in [0, 0.1) is 23.9 Å². The molecule has 96 valence electrons. The van der Waals surface area contributed by atoms with E-state index in [0.717, 1.165) is 11.3 Å². The Morgan fingerprint density at radius 3 is 2.79 bits per heavy atom. The highest BCUT2D eigenvalue weighted by molar-refractivity contribution is 5.97. The van der Waals surface area contributed by atoms with Crippen LogP contribution in [0.15, 0.2) is 24.3 Å². The minimum Gasteiger partial charge on any atom is -0.388 e. The number of carbonyl (C=O) groups excluding carboxylic acids is 2. The monoisotopic (exact) mass is 255 g/mol. The molecule has 0 amide bonds.